The van der Waals surface area contributed by atoms with Crippen molar-refractivity contribution >= 4 is 45.6 Å². The third-order valence-electron chi connectivity index (χ3n) is 3.40. The number of benzene rings is 1. The molecule has 2 aromatic heterocycles. The summed E-state index contributed by atoms with van der Waals surface area (Å²) in [5, 5.41) is 2.88. The Balaban J connectivity index is 2.27. The Hall–Kier alpha value is -1.75. The van der Waals surface area contributed by atoms with Crippen molar-refractivity contribution in [1.29, 1.82) is 0 Å². The number of methoxy groups -OCH3 is 2. The van der Waals surface area contributed by atoms with Gasteiger partial charge in [-0.25, -0.2) is 4.98 Å². The fraction of sp³-hybridized carbons (Fsp3) is 0.125. The Bertz CT molecular complexity index is 872. The summed E-state index contributed by atoms with van der Waals surface area (Å²) in [5.41, 5.74) is 1.13. The lowest BCUT2D eigenvalue weighted by Crippen LogP contribution is -1.94. The van der Waals surface area contributed by atoms with Crippen LogP contribution in [0, 0.1) is 0 Å². The molecule has 3 rings (SSSR count). The van der Waals surface area contributed by atoms with E-state index >= 15 is 0 Å². The molecule has 0 saturated carbocycles. The van der Waals surface area contributed by atoms with Gasteiger partial charge >= 0.3 is 0 Å². The second-order valence-corrected chi connectivity index (χ2v) is 5.85. The Labute approximate surface area is 147 Å². The molecule has 118 valence electrons. The van der Waals surface area contributed by atoms with Gasteiger partial charge in [0.25, 0.3) is 0 Å². The predicted molar refractivity (Wildman–Crippen MR) is 93.1 cm³/mol. The van der Waals surface area contributed by atoms with E-state index in [1.807, 2.05) is 6.07 Å². The van der Waals surface area contributed by atoms with Gasteiger partial charge in [-0.2, -0.15) is 0 Å². The molecule has 0 fully saturated rings. The fourth-order valence-electron chi connectivity index (χ4n) is 2.26. The summed E-state index contributed by atoms with van der Waals surface area (Å²) in [6.07, 6.45) is 3.36. The van der Waals surface area contributed by atoms with Crippen molar-refractivity contribution in [1.82, 2.24) is 9.97 Å². The summed E-state index contributed by atoms with van der Waals surface area (Å²) in [6, 6.07) is 5.21. The highest BCUT2D eigenvalue weighted by Gasteiger charge is 2.19. The van der Waals surface area contributed by atoms with Crippen LogP contribution in [0.15, 0.2) is 30.6 Å². The SMILES string of the molecule is COc1cc(OC)c(Cl)c(-c2cc3cnc(Cl)cc3cn2)c1Cl. The first kappa shape index (κ1) is 16.1. The van der Waals surface area contributed by atoms with Gasteiger partial charge in [0, 0.05) is 34.8 Å². The van der Waals surface area contributed by atoms with Gasteiger partial charge in [-0.05, 0) is 12.1 Å². The summed E-state index contributed by atoms with van der Waals surface area (Å²) in [6.45, 7) is 0. The zero-order chi connectivity index (χ0) is 16.6. The van der Waals surface area contributed by atoms with E-state index in [2.05, 4.69) is 9.97 Å². The first-order chi connectivity index (χ1) is 11.0. The molecule has 0 spiro atoms. The van der Waals surface area contributed by atoms with E-state index in [-0.39, 0.29) is 0 Å². The summed E-state index contributed by atoms with van der Waals surface area (Å²) in [4.78, 5) is 8.50. The Morgan fingerprint density at radius 3 is 1.96 bits per heavy atom. The number of hydrogen-bond donors (Lipinski definition) is 0. The fourth-order valence-corrected chi connectivity index (χ4v) is 3.12. The Morgan fingerprint density at radius 1 is 0.783 bits per heavy atom. The minimum Gasteiger partial charge on any atom is -0.495 e. The lowest BCUT2D eigenvalue weighted by Gasteiger charge is -2.14. The van der Waals surface area contributed by atoms with Gasteiger partial charge < -0.3 is 9.47 Å². The summed E-state index contributed by atoms with van der Waals surface area (Å²) < 4.78 is 10.6. The molecule has 0 aliphatic heterocycles. The molecule has 0 bridgehead atoms. The van der Waals surface area contributed by atoms with E-state index in [1.54, 1.807) is 24.5 Å². The quantitative estimate of drug-likeness (QED) is 0.590. The first-order valence-corrected chi connectivity index (χ1v) is 7.70. The number of halogens is 3. The molecule has 0 aliphatic carbocycles. The topological polar surface area (TPSA) is 44.2 Å². The molecule has 0 N–H and O–H groups in total. The summed E-state index contributed by atoms with van der Waals surface area (Å²) in [5.74, 6) is 0.915. The molecule has 4 nitrogen and oxygen atoms in total. The molecule has 7 heteroatoms. The highest BCUT2D eigenvalue weighted by atomic mass is 35.5. The average Bonchev–Trinajstić information content (AvgIpc) is 2.55. The number of nitrogens with zero attached hydrogens (tertiary/aromatic N) is 2. The van der Waals surface area contributed by atoms with Crippen LogP contribution in [0.4, 0.5) is 0 Å². The molecule has 0 atom stereocenters. The molecule has 2 heterocycles. The van der Waals surface area contributed by atoms with Crippen LogP contribution in [0.25, 0.3) is 22.0 Å². The molecule has 0 saturated heterocycles. The van der Waals surface area contributed by atoms with Crippen LogP contribution >= 0.6 is 34.8 Å². The van der Waals surface area contributed by atoms with Crippen LogP contribution in [0.5, 0.6) is 11.5 Å². The van der Waals surface area contributed by atoms with Gasteiger partial charge in [-0.3, -0.25) is 4.98 Å². The van der Waals surface area contributed by atoms with E-state index < -0.39 is 0 Å². The summed E-state index contributed by atoms with van der Waals surface area (Å²) in [7, 11) is 3.05. The monoisotopic (exact) mass is 368 g/mol. The highest BCUT2D eigenvalue weighted by Crippen LogP contribution is 2.45. The van der Waals surface area contributed by atoms with E-state index in [9.17, 15) is 0 Å². The first-order valence-electron chi connectivity index (χ1n) is 6.56. The van der Waals surface area contributed by atoms with Gasteiger partial charge in [-0.15, -0.1) is 0 Å². The number of hydrogen-bond acceptors (Lipinski definition) is 4. The second kappa shape index (κ2) is 6.40. The van der Waals surface area contributed by atoms with Crippen molar-refractivity contribution in [2.45, 2.75) is 0 Å². The van der Waals surface area contributed by atoms with Crippen LogP contribution in [-0.4, -0.2) is 24.2 Å². The van der Waals surface area contributed by atoms with Crippen LogP contribution in [-0.2, 0) is 0 Å². The minimum absolute atomic E-state index is 0.368. The molecule has 1 aromatic carbocycles. The average molecular weight is 370 g/mol. The van der Waals surface area contributed by atoms with E-state index in [0.717, 1.165) is 10.8 Å². The van der Waals surface area contributed by atoms with Gasteiger partial charge in [0.1, 0.15) is 16.7 Å². The highest BCUT2D eigenvalue weighted by molar-refractivity contribution is 6.41. The van der Waals surface area contributed by atoms with Crippen molar-refractivity contribution < 1.29 is 9.47 Å². The van der Waals surface area contributed by atoms with E-state index in [0.29, 0.717) is 38.0 Å². The molecule has 0 radical (unpaired) electrons. The smallest absolute Gasteiger partial charge is 0.141 e. The zero-order valence-electron chi connectivity index (χ0n) is 12.2. The van der Waals surface area contributed by atoms with Crippen LogP contribution in [0.2, 0.25) is 15.2 Å². The van der Waals surface area contributed by atoms with Crippen molar-refractivity contribution in [2.75, 3.05) is 14.2 Å². The molecule has 0 aliphatic rings. The molecular weight excluding hydrogens is 359 g/mol. The molecule has 3 aromatic rings. The number of pyridine rings is 2. The lowest BCUT2D eigenvalue weighted by molar-refractivity contribution is 0.395. The zero-order valence-corrected chi connectivity index (χ0v) is 14.5. The molecule has 0 unspecified atom stereocenters. The number of aromatic nitrogens is 2. The minimum atomic E-state index is 0.368. The van der Waals surface area contributed by atoms with Crippen LogP contribution < -0.4 is 9.47 Å². The maximum atomic E-state index is 6.41. The molecular formula is C16H11Cl3N2O2. The summed E-state index contributed by atoms with van der Waals surface area (Å²) >= 11 is 18.7. The van der Waals surface area contributed by atoms with Crippen molar-refractivity contribution in [2.24, 2.45) is 0 Å². The van der Waals surface area contributed by atoms with Crippen molar-refractivity contribution in [3.63, 3.8) is 0 Å². The predicted octanol–water partition coefficient (Wildman–Crippen LogP) is 5.27. The lowest BCUT2D eigenvalue weighted by atomic mass is 10.1. The standard InChI is InChI=1S/C16H11Cl3N2O2/c1-22-11-5-12(23-2)16(19)14(15(11)18)10-3-8-7-21-13(17)4-9(8)6-20-10/h3-7H,1-2H3. The molecule has 0 amide bonds. The van der Waals surface area contributed by atoms with E-state index in [4.69, 9.17) is 44.3 Å². The van der Waals surface area contributed by atoms with Crippen LogP contribution in [0.1, 0.15) is 0 Å². The second-order valence-electron chi connectivity index (χ2n) is 4.71. The van der Waals surface area contributed by atoms with Gasteiger partial charge in [-0.1, -0.05) is 34.8 Å². The Morgan fingerprint density at radius 2 is 1.35 bits per heavy atom. The molecule has 23 heavy (non-hydrogen) atoms. The maximum Gasteiger partial charge on any atom is 0.141 e. The van der Waals surface area contributed by atoms with Crippen LogP contribution in [0.3, 0.4) is 0 Å². The Kier molecular flexibility index (Phi) is 4.48. The van der Waals surface area contributed by atoms with Crippen molar-refractivity contribution in [3.05, 3.63) is 45.8 Å². The largest absolute Gasteiger partial charge is 0.495 e. The third kappa shape index (κ3) is 2.90. The number of rotatable bonds is 3. The van der Waals surface area contributed by atoms with Gasteiger partial charge in [0.15, 0.2) is 0 Å². The normalized spacial score (nSPS) is 10.8. The van der Waals surface area contributed by atoms with Gasteiger partial charge in [0.2, 0.25) is 0 Å². The number of ether oxygens (including phenoxy) is 2. The number of fused-ring (bicyclic) bond motifs is 1. The van der Waals surface area contributed by atoms with E-state index in [1.165, 1.54) is 14.2 Å². The van der Waals surface area contributed by atoms with Crippen molar-refractivity contribution in [3.8, 4) is 22.8 Å². The maximum absolute atomic E-state index is 6.41. The van der Waals surface area contributed by atoms with Gasteiger partial charge in [0.05, 0.1) is 30.0 Å². The third-order valence-corrected chi connectivity index (χ3v) is 4.36.